The van der Waals surface area contributed by atoms with Gasteiger partial charge in [-0.05, 0) is 43.4 Å². The Hall–Kier alpha value is -1.58. The maximum absolute atomic E-state index is 11.3. The second kappa shape index (κ2) is 6.97. The lowest BCUT2D eigenvalue weighted by Crippen LogP contribution is -2.10. The average molecular weight is 401 g/mol. The van der Waals surface area contributed by atoms with Crippen LogP contribution in [0.1, 0.15) is 29.3 Å². The predicted octanol–water partition coefficient (Wildman–Crippen LogP) is 3.00. The van der Waals surface area contributed by atoms with Crippen LogP contribution < -0.4 is 9.92 Å². The van der Waals surface area contributed by atoms with Crippen LogP contribution in [0.25, 0.3) is 0 Å². The van der Waals surface area contributed by atoms with Crippen molar-refractivity contribution in [2.75, 3.05) is 12.0 Å². The molecule has 0 saturated heterocycles. The van der Waals surface area contributed by atoms with Gasteiger partial charge in [-0.1, -0.05) is 23.4 Å². The van der Waals surface area contributed by atoms with Gasteiger partial charge in [0.15, 0.2) is 16.1 Å². The molecule has 0 spiro atoms. The number of rotatable bonds is 6. The molecule has 0 aromatic carbocycles. The first-order chi connectivity index (χ1) is 11.7. The van der Waals surface area contributed by atoms with Crippen molar-refractivity contribution in [1.29, 1.82) is 0 Å². The number of aromatic nitrogens is 3. The normalized spacial score (nSPS) is 15.8. The largest absolute Gasteiger partial charge is 0.380 e. The van der Waals surface area contributed by atoms with E-state index < -0.39 is 10.1 Å². The molecule has 134 valence electrons. The van der Waals surface area contributed by atoms with Gasteiger partial charge in [0.05, 0.1) is 17.2 Å². The lowest BCUT2D eigenvalue weighted by atomic mass is 10.1. The van der Waals surface area contributed by atoms with E-state index in [1.54, 1.807) is 6.20 Å². The van der Waals surface area contributed by atoms with E-state index in [1.807, 2.05) is 19.1 Å². The number of halogens is 1. The van der Waals surface area contributed by atoms with E-state index >= 15 is 0 Å². The molecule has 1 aliphatic rings. The van der Waals surface area contributed by atoms with E-state index in [4.69, 9.17) is 21.5 Å². The fourth-order valence-electron chi connectivity index (χ4n) is 2.33. The molecule has 0 aliphatic heterocycles. The van der Waals surface area contributed by atoms with Gasteiger partial charge >= 0.3 is 10.1 Å². The smallest absolute Gasteiger partial charge is 0.306 e. The van der Waals surface area contributed by atoms with Gasteiger partial charge in [0, 0.05) is 6.20 Å². The second-order valence-corrected chi connectivity index (χ2v) is 8.97. The van der Waals surface area contributed by atoms with Crippen molar-refractivity contribution >= 4 is 39.3 Å². The van der Waals surface area contributed by atoms with Crippen LogP contribution in [0, 0.1) is 12.8 Å². The van der Waals surface area contributed by atoms with Gasteiger partial charge < -0.3 is 9.92 Å². The van der Waals surface area contributed by atoms with Crippen molar-refractivity contribution in [3.63, 3.8) is 0 Å². The standard InChI is InChI=1S/C15H17ClN4O3S2/c1-8-5-6-18-10(7-8)12(9-3-4-9)24-15-19-13(16)11(14(17)20-15)23-25(2,21)22/h5-7,9,12H,3-4H2,1-2H3,(H2,17,19,20). The molecule has 2 aromatic rings. The Morgan fingerprint density at radius 1 is 1.40 bits per heavy atom. The Bertz CT molecular complexity index is 880. The molecule has 0 bridgehead atoms. The van der Waals surface area contributed by atoms with Crippen molar-refractivity contribution < 1.29 is 12.6 Å². The molecule has 2 aromatic heterocycles. The van der Waals surface area contributed by atoms with E-state index in [1.165, 1.54) is 11.8 Å². The maximum atomic E-state index is 11.3. The molecule has 2 N–H and O–H groups in total. The third kappa shape index (κ3) is 4.74. The number of anilines is 1. The third-order valence-corrected chi connectivity index (χ3v) is 5.57. The summed E-state index contributed by atoms with van der Waals surface area (Å²) in [4.78, 5) is 12.7. The highest BCUT2D eigenvalue weighted by Crippen LogP contribution is 2.50. The Morgan fingerprint density at radius 2 is 2.12 bits per heavy atom. The highest BCUT2D eigenvalue weighted by atomic mass is 35.5. The molecule has 1 atom stereocenters. The van der Waals surface area contributed by atoms with E-state index in [9.17, 15) is 8.42 Å². The molecule has 1 fully saturated rings. The molecule has 1 saturated carbocycles. The molecule has 3 rings (SSSR count). The minimum atomic E-state index is -3.77. The van der Waals surface area contributed by atoms with Crippen molar-refractivity contribution in [3.8, 4) is 5.75 Å². The minimum absolute atomic E-state index is 0.0945. The lowest BCUT2D eigenvalue weighted by Gasteiger charge is -2.16. The summed E-state index contributed by atoms with van der Waals surface area (Å²) >= 11 is 7.46. The SMILES string of the molecule is Cc1ccnc(C(Sc2nc(N)c(OS(C)(=O)=O)c(Cl)n2)C2CC2)c1. The van der Waals surface area contributed by atoms with Gasteiger partial charge in [0.2, 0.25) is 5.75 Å². The topological polar surface area (TPSA) is 108 Å². The van der Waals surface area contributed by atoms with Crippen LogP contribution in [0.5, 0.6) is 5.75 Å². The minimum Gasteiger partial charge on any atom is -0.380 e. The van der Waals surface area contributed by atoms with Crippen LogP contribution in [0.3, 0.4) is 0 Å². The van der Waals surface area contributed by atoms with Gasteiger partial charge in [-0.25, -0.2) is 9.97 Å². The zero-order valence-electron chi connectivity index (χ0n) is 13.6. The molecule has 2 heterocycles. The zero-order chi connectivity index (χ0) is 18.2. The van der Waals surface area contributed by atoms with E-state index in [0.717, 1.165) is 30.4 Å². The number of nitrogen functional groups attached to an aromatic ring is 1. The van der Waals surface area contributed by atoms with Crippen LogP contribution in [0.2, 0.25) is 5.15 Å². The van der Waals surface area contributed by atoms with Gasteiger partial charge in [-0.2, -0.15) is 8.42 Å². The van der Waals surface area contributed by atoms with Crippen LogP contribution in [-0.4, -0.2) is 29.6 Å². The average Bonchev–Trinajstić information content (AvgIpc) is 3.32. The van der Waals surface area contributed by atoms with Crippen LogP contribution in [0.4, 0.5) is 5.82 Å². The number of pyridine rings is 1. The Morgan fingerprint density at radius 3 is 2.68 bits per heavy atom. The molecule has 0 radical (unpaired) electrons. The summed E-state index contributed by atoms with van der Waals surface area (Å²) in [6, 6.07) is 3.99. The number of nitrogens with two attached hydrogens (primary N) is 1. The van der Waals surface area contributed by atoms with Gasteiger partial charge in [0.1, 0.15) is 0 Å². The highest BCUT2D eigenvalue weighted by Gasteiger charge is 2.35. The molecule has 1 aliphatic carbocycles. The van der Waals surface area contributed by atoms with Crippen molar-refractivity contribution in [3.05, 3.63) is 34.7 Å². The summed E-state index contributed by atoms with van der Waals surface area (Å²) in [6.07, 6.45) is 4.92. The summed E-state index contributed by atoms with van der Waals surface area (Å²) in [6.45, 7) is 2.02. The lowest BCUT2D eigenvalue weighted by molar-refractivity contribution is 0.491. The van der Waals surface area contributed by atoms with Gasteiger partial charge in [-0.3, -0.25) is 4.98 Å². The van der Waals surface area contributed by atoms with Crippen LogP contribution >= 0.6 is 23.4 Å². The second-order valence-electron chi connectivity index (χ2n) is 5.93. The van der Waals surface area contributed by atoms with E-state index in [-0.39, 0.29) is 22.0 Å². The zero-order valence-corrected chi connectivity index (χ0v) is 16.0. The van der Waals surface area contributed by atoms with Gasteiger partial charge in [0.25, 0.3) is 0 Å². The Balaban J connectivity index is 1.88. The van der Waals surface area contributed by atoms with Crippen molar-refractivity contribution in [2.45, 2.75) is 30.2 Å². The number of aryl methyl sites for hydroxylation is 1. The van der Waals surface area contributed by atoms with Crippen LogP contribution in [-0.2, 0) is 10.1 Å². The molecule has 25 heavy (non-hydrogen) atoms. The number of hydrogen-bond donors (Lipinski definition) is 1. The maximum Gasteiger partial charge on any atom is 0.306 e. The molecule has 1 unspecified atom stereocenters. The monoisotopic (exact) mass is 400 g/mol. The summed E-state index contributed by atoms with van der Waals surface area (Å²) in [5, 5.41) is 0.327. The van der Waals surface area contributed by atoms with Crippen molar-refractivity contribution in [2.24, 2.45) is 5.92 Å². The van der Waals surface area contributed by atoms with Crippen LogP contribution in [0.15, 0.2) is 23.5 Å². The number of hydrogen-bond acceptors (Lipinski definition) is 8. The molecular formula is C15H17ClN4O3S2. The number of thioether (sulfide) groups is 1. The van der Waals surface area contributed by atoms with E-state index in [2.05, 4.69) is 15.0 Å². The summed E-state index contributed by atoms with van der Waals surface area (Å²) in [5.74, 6) is 0.139. The summed E-state index contributed by atoms with van der Waals surface area (Å²) < 4.78 is 27.3. The quantitative estimate of drug-likeness (QED) is 0.341. The predicted molar refractivity (Wildman–Crippen MR) is 97.2 cm³/mol. The Kier molecular flexibility index (Phi) is 5.08. The Labute approximate surface area is 155 Å². The summed E-state index contributed by atoms with van der Waals surface area (Å²) in [5.41, 5.74) is 7.90. The highest BCUT2D eigenvalue weighted by molar-refractivity contribution is 7.99. The third-order valence-electron chi connectivity index (χ3n) is 3.58. The fraction of sp³-hybridized carbons (Fsp3) is 0.400. The first-order valence-electron chi connectivity index (χ1n) is 7.54. The fourth-order valence-corrected chi connectivity index (χ4v) is 4.34. The molecule has 10 heteroatoms. The molecule has 0 amide bonds. The first-order valence-corrected chi connectivity index (χ1v) is 10.6. The van der Waals surface area contributed by atoms with Gasteiger partial charge in [-0.15, -0.1) is 0 Å². The van der Waals surface area contributed by atoms with Crippen molar-refractivity contribution in [1.82, 2.24) is 15.0 Å². The van der Waals surface area contributed by atoms with E-state index in [0.29, 0.717) is 11.1 Å². The molecule has 7 nitrogen and oxygen atoms in total. The first kappa shape index (κ1) is 18.2. The number of nitrogens with zero attached hydrogens (tertiary/aromatic N) is 3. The summed E-state index contributed by atoms with van der Waals surface area (Å²) in [7, 11) is -3.77. The molecular weight excluding hydrogens is 384 g/mol.